The number of nitrogen functional groups attached to an aromatic ring is 1. The van der Waals surface area contributed by atoms with Gasteiger partial charge in [0, 0.05) is 29.6 Å². The lowest BCUT2D eigenvalue weighted by molar-refractivity contribution is 0.0633. The fraction of sp³-hybridized carbons (Fsp3) is 0.400. The Morgan fingerprint density at radius 2 is 2.18 bits per heavy atom. The maximum Gasteiger partial charge on any atom is 0.254 e. The average molecular weight is 395 g/mol. The highest BCUT2D eigenvalue weighted by atomic mass is 32.1. The van der Waals surface area contributed by atoms with Gasteiger partial charge in [-0.05, 0) is 50.8 Å². The third-order valence-electron chi connectivity index (χ3n) is 6.00. The molecule has 1 amide bonds. The van der Waals surface area contributed by atoms with Crippen LogP contribution >= 0.6 is 11.3 Å². The molecule has 5 rings (SSSR count). The van der Waals surface area contributed by atoms with E-state index < -0.39 is 0 Å². The minimum absolute atomic E-state index is 0.00237. The van der Waals surface area contributed by atoms with E-state index in [2.05, 4.69) is 15.0 Å². The van der Waals surface area contributed by atoms with E-state index >= 15 is 0 Å². The van der Waals surface area contributed by atoms with Crippen LogP contribution in [-0.2, 0) is 11.8 Å². The summed E-state index contributed by atoms with van der Waals surface area (Å²) >= 11 is 1.42. The van der Waals surface area contributed by atoms with Gasteiger partial charge in [0.1, 0.15) is 5.82 Å². The second-order valence-electron chi connectivity index (χ2n) is 7.82. The molecule has 0 saturated carbocycles. The Hall–Kier alpha value is -2.74. The summed E-state index contributed by atoms with van der Waals surface area (Å²) in [5.41, 5.74) is 8.62. The summed E-state index contributed by atoms with van der Waals surface area (Å²) in [6.07, 6.45) is 3.46. The maximum atomic E-state index is 13.2. The number of hydrogen-bond acceptors (Lipinski definition) is 6. The minimum Gasteiger partial charge on any atom is -0.375 e. The summed E-state index contributed by atoms with van der Waals surface area (Å²) in [4.78, 5) is 39.2. The van der Waals surface area contributed by atoms with Gasteiger partial charge in [-0.25, -0.2) is 9.97 Å². The number of likely N-dealkylation sites (tertiary alicyclic amines) is 1. The second kappa shape index (κ2) is 6.13. The molecule has 3 N–H and O–H groups in total. The Morgan fingerprint density at radius 1 is 1.32 bits per heavy atom. The molecule has 1 aliphatic heterocycles. The number of thiazole rings is 1. The SMILES string of the molecule is Cc1nc2c(c(=O)[nH]1)CCC21CCCN(C(=O)c2ccc3sc(N)nc3c2)C1. The molecule has 1 aromatic carbocycles. The molecular formula is C20H21N5O2S. The Balaban J connectivity index is 1.48. The molecule has 1 fully saturated rings. The van der Waals surface area contributed by atoms with Crippen molar-refractivity contribution in [2.75, 3.05) is 18.8 Å². The summed E-state index contributed by atoms with van der Waals surface area (Å²) in [5, 5.41) is 0.505. The van der Waals surface area contributed by atoms with Crippen molar-refractivity contribution in [1.29, 1.82) is 0 Å². The van der Waals surface area contributed by atoms with Gasteiger partial charge in [0.05, 0.1) is 15.9 Å². The lowest BCUT2D eigenvalue weighted by Crippen LogP contribution is -2.48. The van der Waals surface area contributed by atoms with Crippen LogP contribution in [0.3, 0.4) is 0 Å². The summed E-state index contributed by atoms with van der Waals surface area (Å²) < 4.78 is 0.979. The molecule has 0 radical (unpaired) electrons. The molecule has 144 valence electrons. The smallest absolute Gasteiger partial charge is 0.254 e. The van der Waals surface area contributed by atoms with E-state index in [-0.39, 0.29) is 16.9 Å². The first-order valence-corrected chi connectivity index (χ1v) is 10.3. The van der Waals surface area contributed by atoms with E-state index in [1.165, 1.54) is 11.3 Å². The van der Waals surface area contributed by atoms with Gasteiger partial charge in [0.15, 0.2) is 5.13 Å². The number of carbonyl (C=O) groups excluding carboxylic acids is 1. The van der Waals surface area contributed by atoms with Gasteiger partial charge in [0.2, 0.25) is 0 Å². The van der Waals surface area contributed by atoms with Crippen LogP contribution in [0.1, 0.15) is 46.7 Å². The average Bonchev–Trinajstić information content (AvgIpc) is 3.21. The first-order valence-electron chi connectivity index (χ1n) is 9.51. The molecule has 3 heterocycles. The highest BCUT2D eigenvalue weighted by Crippen LogP contribution is 2.43. The number of nitrogens with two attached hydrogens (primary N) is 1. The quantitative estimate of drug-likeness (QED) is 0.658. The van der Waals surface area contributed by atoms with E-state index in [0.29, 0.717) is 23.1 Å². The van der Waals surface area contributed by atoms with Gasteiger partial charge in [-0.3, -0.25) is 9.59 Å². The largest absolute Gasteiger partial charge is 0.375 e. The first kappa shape index (κ1) is 17.4. The van der Waals surface area contributed by atoms with E-state index in [4.69, 9.17) is 5.73 Å². The number of rotatable bonds is 1. The normalized spacial score (nSPS) is 21.4. The lowest BCUT2D eigenvalue weighted by Gasteiger charge is -2.40. The van der Waals surface area contributed by atoms with Gasteiger partial charge in [-0.2, -0.15) is 0 Å². The first-order chi connectivity index (χ1) is 13.4. The Kier molecular flexibility index (Phi) is 3.80. The molecule has 2 aliphatic rings. The van der Waals surface area contributed by atoms with Crippen molar-refractivity contribution in [1.82, 2.24) is 19.9 Å². The van der Waals surface area contributed by atoms with Crippen LogP contribution in [0.2, 0.25) is 0 Å². The van der Waals surface area contributed by atoms with Crippen LogP contribution in [0.4, 0.5) is 5.13 Å². The van der Waals surface area contributed by atoms with Gasteiger partial charge in [0.25, 0.3) is 11.5 Å². The van der Waals surface area contributed by atoms with Gasteiger partial charge >= 0.3 is 0 Å². The molecule has 0 bridgehead atoms. The number of anilines is 1. The Morgan fingerprint density at radius 3 is 3.04 bits per heavy atom. The molecule has 1 saturated heterocycles. The fourth-order valence-corrected chi connectivity index (χ4v) is 5.44. The third-order valence-corrected chi connectivity index (χ3v) is 6.87. The highest BCUT2D eigenvalue weighted by molar-refractivity contribution is 7.22. The molecule has 7 nitrogen and oxygen atoms in total. The molecule has 1 aliphatic carbocycles. The van der Waals surface area contributed by atoms with Gasteiger partial charge in [-0.15, -0.1) is 0 Å². The van der Waals surface area contributed by atoms with Crippen LogP contribution in [0.15, 0.2) is 23.0 Å². The monoisotopic (exact) mass is 395 g/mol. The van der Waals surface area contributed by atoms with E-state index in [0.717, 1.165) is 53.7 Å². The molecule has 1 spiro atoms. The van der Waals surface area contributed by atoms with Gasteiger partial charge in [-0.1, -0.05) is 11.3 Å². The molecule has 1 unspecified atom stereocenters. The number of nitrogens with zero attached hydrogens (tertiary/aromatic N) is 3. The van der Waals surface area contributed by atoms with Crippen molar-refractivity contribution in [3.63, 3.8) is 0 Å². The van der Waals surface area contributed by atoms with Crippen molar-refractivity contribution < 1.29 is 4.79 Å². The minimum atomic E-state index is -0.211. The summed E-state index contributed by atoms with van der Waals surface area (Å²) in [7, 11) is 0. The van der Waals surface area contributed by atoms with E-state index in [1.54, 1.807) is 0 Å². The van der Waals surface area contributed by atoms with Crippen molar-refractivity contribution in [3.8, 4) is 0 Å². The molecule has 28 heavy (non-hydrogen) atoms. The molecule has 3 aromatic rings. The van der Waals surface area contributed by atoms with Crippen LogP contribution in [0.25, 0.3) is 10.2 Å². The number of aromatic amines is 1. The predicted molar refractivity (Wildman–Crippen MR) is 109 cm³/mol. The van der Waals surface area contributed by atoms with Crippen molar-refractivity contribution >= 4 is 32.6 Å². The standard InChI is InChI=1S/C20H21N5O2S/c1-11-22-16-13(17(26)23-11)5-7-20(16)6-2-8-25(10-20)18(27)12-3-4-15-14(9-12)24-19(21)28-15/h3-4,9H,2,5-8,10H2,1H3,(H2,21,24)(H,22,23,26). The Labute approximate surface area is 165 Å². The number of carbonyl (C=O) groups is 1. The van der Waals surface area contributed by atoms with Crippen LogP contribution in [0, 0.1) is 6.92 Å². The van der Waals surface area contributed by atoms with Gasteiger partial charge < -0.3 is 15.6 Å². The summed E-state index contributed by atoms with van der Waals surface area (Å²) in [6.45, 7) is 3.13. The molecule has 8 heteroatoms. The van der Waals surface area contributed by atoms with Crippen LogP contribution < -0.4 is 11.3 Å². The number of aromatic nitrogens is 3. The third kappa shape index (κ3) is 2.63. The van der Waals surface area contributed by atoms with Crippen molar-refractivity contribution in [2.45, 2.75) is 38.0 Å². The zero-order chi connectivity index (χ0) is 19.5. The number of amides is 1. The van der Waals surface area contributed by atoms with Crippen LogP contribution in [-0.4, -0.2) is 38.8 Å². The second-order valence-corrected chi connectivity index (χ2v) is 8.89. The van der Waals surface area contributed by atoms with Crippen LogP contribution in [0.5, 0.6) is 0 Å². The lowest BCUT2D eigenvalue weighted by atomic mass is 9.77. The zero-order valence-electron chi connectivity index (χ0n) is 15.6. The number of hydrogen-bond donors (Lipinski definition) is 2. The predicted octanol–water partition coefficient (Wildman–Crippen LogP) is 2.39. The van der Waals surface area contributed by atoms with E-state index in [9.17, 15) is 9.59 Å². The molecular weight excluding hydrogens is 374 g/mol. The van der Waals surface area contributed by atoms with E-state index in [1.807, 2.05) is 30.0 Å². The topological polar surface area (TPSA) is 105 Å². The highest BCUT2D eigenvalue weighted by Gasteiger charge is 2.45. The summed E-state index contributed by atoms with van der Waals surface area (Å²) in [6, 6.07) is 5.58. The zero-order valence-corrected chi connectivity index (χ0v) is 16.4. The molecule has 2 aromatic heterocycles. The number of piperidine rings is 1. The number of nitrogens with one attached hydrogen (secondary N) is 1. The van der Waals surface area contributed by atoms with Crippen molar-refractivity contribution in [3.05, 3.63) is 51.2 Å². The fourth-order valence-electron chi connectivity index (χ4n) is 4.73. The maximum absolute atomic E-state index is 13.2. The molecule has 1 atom stereocenters. The number of fused-ring (bicyclic) bond motifs is 3. The Bertz CT molecular complexity index is 1170. The number of benzene rings is 1. The number of H-pyrrole nitrogens is 1. The van der Waals surface area contributed by atoms with Crippen molar-refractivity contribution in [2.24, 2.45) is 0 Å². The number of aryl methyl sites for hydroxylation is 1. The summed E-state index contributed by atoms with van der Waals surface area (Å²) in [5.74, 6) is 0.641.